The third-order valence-electron chi connectivity index (χ3n) is 12.5. The predicted octanol–water partition coefficient (Wildman–Crippen LogP) is 3.09. The zero-order chi connectivity index (χ0) is 40.4. The summed E-state index contributed by atoms with van der Waals surface area (Å²) in [5.74, 6) is -3.88. The Morgan fingerprint density at radius 2 is 1.45 bits per heavy atom. The third-order valence-corrected chi connectivity index (χ3v) is 12.5. The van der Waals surface area contributed by atoms with Gasteiger partial charge in [0.2, 0.25) is 0 Å². The average molecular weight is 762 g/mol. The van der Waals surface area contributed by atoms with Crippen LogP contribution in [0.25, 0.3) is 0 Å². The van der Waals surface area contributed by atoms with Crippen LogP contribution in [0.1, 0.15) is 94.9 Å². The minimum atomic E-state index is -1.73. The molecule has 53 heavy (non-hydrogen) atoms. The minimum Gasteiger partial charge on any atom is -0.459 e. The molecule has 3 rings (SSSR count). The molecule has 0 amide bonds. The van der Waals surface area contributed by atoms with E-state index in [-0.39, 0.29) is 37.2 Å². The van der Waals surface area contributed by atoms with Gasteiger partial charge in [-0.05, 0) is 74.9 Å². The molecule has 0 aromatic carbocycles. The first kappa shape index (κ1) is 46.1. The first-order chi connectivity index (χ1) is 24.5. The molecule has 3 fully saturated rings. The van der Waals surface area contributed by atoms with Gasteiger partial charge in [-0.2, -0.15) is 0 Å². The number of hydrogen-bond donors (Lipinski definition) is 3. The second-order valence-electron chi connectivity index (χ2n) is 16.8. The Balaban J connectivity index is 2.24. The van der Waals surface area contributed by atoms with Gasteiger partial charge in [0, 0.05) is 51.5 Å². The number of cyclic esters (lactones) is 1. The molecule has 0 saturated carbocycles. The number of likely N-dealkylation sites (N-methyl/N-ethyl adjacent to an activating group) is 1. The van der Waals surface area contributed by atoms with Crippen LogP contribution in [0.4, 0.5) is 0 Å². The van der Waals surface area contributed by atoms with Gasteiger partial charge in [0.15, 0.2) is 12.6 Å². The standard InChI is InChI=1S/C39H71NO13/c1-16-27-39(10,45)34(46-13)22(4)29(41)20(2)18-38(9,48-15)33(53-36-30(42)26(40(11)12)17-21(3)49-36)23(5)31(24(6)35(44)51-27)52-28-19-37(8,47-14)32(43)25(7)50-28/h20-28,30-34,36,42-43,45H,16-19H2,1-15H3/t20-,21-,22+,23+,24-,25+,26+,27?,28+,30-,31?,32+,33-,34-,36+,37-,38-,39-/m1/s1. The number of carbonyl (C=O) groups excluding carboxylic acids is 2. The fraction of sp³-hybridized carbons (Fsp3) is 0.949. The summed E-state index contributed by atoms with van der Waals surface area (Å²) < 4.78 is 50.0. The van der Waals surface area contributed by atoms with Crippen LogP contribution in [0.3, 0.4) is 0 Å². The van der Waals surface area contributed by atoms with Crippen molar-refractivity contribution in [2.75, 3.05) is 35.4 Å². The molecule has 14 nitrogen and oxygen atoms in total. The van der Waals surface area contributed by atoms with E-state index in [1.54, 1.807) is 34.6 Å². The molecule has 0 aliphatic carbocycles. The number of esters is 1. The van der Waals surface area contributed by atoms with Crippen LogP contribution in [0.2, 0.25) is 0 Å². The lowest BCUT2D eigenvalue weighted by Crippen LogP contribution is -2.61. The largest absolute Gasteiger partial charge is 0.459 e. The van der Waals surface area contributed by atoms with Crippen LogP contribution < -0.4 is 0 Å². The Morgan fingerprint density at radius 1 is 0.849 bits per heavy atom. The molecule has 18 atom stereocenters. The molecule has 0 radical (unpaired) electrons. The summed E-state index contributed by atoms with van der Waals surface area (Å²) in [6, 6.07) is -0.270. The normalized spacial score (nSPS) is 48.3. The van der Waals surface area contributed by atoms with Crippen molar-refractivity contribution in [3.8, 4) is 0 Å². The summed E-state index contributed by atoms with van der Waals surface area (Å²) in [4.78, 5) is 30.5. The quantitative estimate of drug-likeness (QED) is 0.293. The fourth-order valence-corrected chi connectivity index (χ4v) is 9.01. The zero-order valence-electron chi connectivity index (χ0n) is 34.9. The zero-order valence-corrected chi connectivity index (χ0v) is 34.9. The molecule has 0 spiro atoms. The van der Waals surface area contributed by atoms with Gasteiger partial charge in [-0.15, -0.1) is 0 Å². The van der Waals surface area contributed by atoms with E-state index in [9.17, 15) is 24.9 Å². The number of ether oxygens (including phenoxy) is 8. The smallest absolute Gasteiger partial charge is 0.311 e. The molecule has 3 heterocycles. The Morgan fingerprint density at radius 3 is 1.98 bits per heavy atom. The molecule has 0 bridgehead atoms. The molecule has 3 saturated heterocycles. The van der Waals surface area contributed by atoms with Gasteiger partial charge in [-0.3, -0.25) is 9.59 Å². The van der Waals surface area contributed by atoms with Gasteiger partial charge in [-0.25, -0.2) is 0 Å². The van der Waals surface area contributed by atoms with Gasteiger partial charge < -0.3 is 58.1 Å². The summed E-state index contributed by atoms with van der Waals surface area (Å²) in [5.41, 5.74) is -3.96. The summed E-state index contributed by atoms with van der Waals surface area (Å²) in [7, 11) is 8.26. The second-order valence-corrected chi connectivity index (χ2v) is 16.8. The van der Waals surface area contributed by atoms with Crippen molar-refractivity contribution in [3.63, 3.8) is 0 Å². The first-order valence-electron chi connectivity index (χ1n) is 19.3. The second kappa shape index (κ2) is 18.3. The number of nitrogens with zero attached hydrogens (tertiary/aromatic N) is 1. The molecule has 2 unspecified atom stereocenters. The Bertz CT molecular complexity index is 1200. The summed E-state index contributed by atoms with van der Waals surface area (Å²) in [5, 5.41) is 34.5. The van der Waals surface area contributed by atoms with Gasteiger partial charge >= 0.3 is 5.97 Å². The predicted molar refractivity (Wildman–Crippen MR) is 196 cm³/mol. The van der Waals surface area contributed by atoms with E-state index in [2.05, 4.69) is 0 Å². The fourth-order valence-electron chi connectivity index (χ4n) is 9.01. The van der Waals surface area contributed by atoms with E-state index in [1.165, 1.54) is 28.3 Å². The maximum Gasteiger partial charge on any atom is 0.311 e. The van der Waals surface area contributed by atoms with Crippen LogP contribution in [0, 0.1) is 23.7 Å². The van der Waals surface area contributed by atoms with Crippen molar-refractivity contribution in [2.24, 2.45) is 23.7 Å². The molecule has 3 aliphatic heterocycles. The van der Waals surface area contributed by atoms with Crippen molar-refractivity contribution < 1.29 is 62.8 Å². The van der Waals surface area contributed by atoms with Gasteiger partial charge in [0.1, 0.15) is 29.7 Å². The lowest BCUT2D eigenvalue weighted by Gasteiger charge is -2.50. The van der Waals surface area contributed by atoms with Crippen molar-refractivity contribution in [1.29, 1.82) is 0 Å². The van der Waals surface area contributed by atoms with Crippen molar-refractivity contribution in [2.45, 2.75) is 179 Å². The summed E-state index contributed by atoms with van der Waals surface area (Å²) in [6.45, 7) is 17.7. The number of aliphatic hydroxyl groups excluding tert-OH is 2. The van der Waals surface area contributed by atoms with E-state index >= 15 is 0 Å². The first-order valence-corrected chi connectivity index (χ1v) is 19.3. The molecule has 14 heteroatoms. The minimum absolute atomic E-state index is 0.144. The van der Waals surface area contributed by atoms with Gasteiger partial charge in [0.05, 0.1) is 47.6 Å². The van der Waals surface area contributed by atoms with E-state index in [0.717, 1.165) is 0 Å². The van der Waals surface area contributed by atoms with Crippen LogP contribution in [-0.2, 0) is 47.5 Å². The summed E-state index contributed by atoms with van der Waals surface area (Å²) in [6.07, 6.45) is -7.72. The molecule has 310 valence electrons. The molecular weight excluding hydrogens is 690 g/mol. The number of aliphatic hydroxyl groups is 3. The Hall–Kier alpha value is -1.30. The third kappa shape index (κ3) is 9.81. The molecule has 3 N–H and O–H groups in total. The topological polar surface area (TPSA) is 172 Å². The molecule has 3 aliphatic rings. The highest BCUT2D eigenvalue weighted by molar-refractivity contribution is 5.83. The maximum atomic E-state index is 14.3. The highest BCUT2D eigenvalue weighted by Crippen LogP contribution is 2.42. The van der Waals surface area contributed by atoms with E-state index in [4.69, 9.17) is 37.9 Å². The van der Waals surface area contributed by atoms with Crippen LogP contribution >= 0.6 is 0 Å². The monoisotopic (exact) mass is 761 g/mol. The van der Waals surface area contributed by atoms with Crippen LogP contribution in [0.5, 0.6) is 0 Å². The number of carbonyl (C=O) groups is 2. The Labute approximate surface area is 317 Å². The number of Topliss-reactive ketones (excluding diaryl/α,β-unsaturated/α-hetero) is 1. The SMILES string of the molecule is CCC1OC(=O)[C@H](C)C(O[C@H]2C[C@@](C)(OC)[C@@H](O)[C@H](C)O2)[C@H](C)[C@@H](O[C@@H]2O[C@H](C)C[C@H](N(C)C)[C@H]2O)[C@](C)(OC)C[C@@H](C)C(=O)[C@H](C)[C@@H](OC)[C@]1(C)O. The van der Waals surface area contributed by atoms with Crippen LogP contribution in [0.15, 0.2) is 0 Å². The van der Waals surface area contributed by atoms with Crippen molar-refractivity contribution in [3.05, 3.63) is 0 Å². The summed E-state index contributed by atoms with van der Waals surface area (Å²) >= 11 is 0. The van der Waals surface area contributed by atoms with Crippen molar-refractivity contribution in [1.82, 2.24) is 4.90 Å². The van der Waals surface area contributed by atoms with E-state index in [0.29, 0.717) is 6.42 Å². The maximum absolute atomic E-state index is 14.3. The van der Waals surface area contributed by atoms with Crippen LogP contribution in [-0.4, -0.2) is 152 Å². The number of methoxy groups -OCH3 is 3. The highest BCUT2D eigenvalue weighted by atomic mass is 16.7. The number of rotatable bonds is 9. The van der Waals surface area contributed by atoms with E-state index < -0.39 is 102 Å². The molecule has 0 aromatic heterocycles. The lowest BCUT2D eigenvalue weighted by molar-refractivity contribution is -0.319. The van der Waals surface area contributed by atoms with Crippen molar-refractivity contribution >= 4 is 11.8 Å². The van der Waals surface area contributed by atoms with Gasteiger partial charge in [0.25, 0.3) is 0 Å². The van der Waals surface area contributed by atoms with Gasteiger partial charge in [-0.1, -0.05) is 27.7 Å². The Kier molecular flexibility index (Phi) is 15.9. The van der Waals surface area contributed by atoms with E-state index in [1.807, 2.05) is 46.7 Å². The number of hydrogen-bond acceptors (Lipinski definition) is 14. The molecule has 0 aromatic rings. The average Bonchev–Trinajstić information content (AvgIpc) is 3.10. The molecular formula is C39H71NO13. The highest BCUT2D eigenvalue weighted by Gasteiger charge is 2.54. The lowest BCUT2D eigenvalue weighted by atomic mass is 9.73. The number of ketones is 1.